The lowest BCUT2D eigenvalue weighted by Gasteiger charge is -2.05. The molecule has 0 bridgehead atoms. The van der Waals surface area contributed by atoms with Crippen LogP contribution in [-0.4, -0.2) is 24.7 Å². The summed E-state index contributed by atoms with van der Waals surface area (Å²) < 4.78 is 10.1. The summed E-state index contributed by atoms with van der Waals surface area (Å²) in [4.78, 5) is 15.7. The third-order valence-electron chi connectivity index (χ3n) is 2.76. The average Bonchev–Trinajstić information content (AvgIpc) is 2.93. The Kier molecular flexibility index (Phi) is 5.57. The smallest absolute Gasteiger partial charge is 0.311 e. The van der Waals surface area contributed by atoms with E-state index in [1.807, 2.05) is 29.6 Å². The summed E-state index contributed by atoms with van der Waals surface area (Å²) in [7, 11) is 1.65. The van der Waals surface area contributed by atoms with Gasteiger partial charge < -0.3 is 14.8 Å². The van der Waals surface area contributed by atoms with Gasteiger partial charge in [-0.05, 0) is 24.6 Å². The summed E-state index contributed by atoms with van der Waals surface area (Å²) in [5.74, 6) is 0.582. The Labute approximate surface area is 127 Å². The molecule has 0 aliphatic rings. The number of rotatable bonds is 7. The molecule has 1 heterocycles. The number of benzene rings is 1. The van der Waals surface area contributed by atoms with Crippen molar-refractivity contribution in [2.75, 3.05) is 19.0 Å². The van der Waals surface area contributed by atoms with Gasteiger partial charge in [0.2, 0.25) is 0 Å². The van der Waals surface area contributed by atoms with E-state index in [-0.39, 0.29) is 12.4 Å². The number of nitrogens with one attached hydrogen (secondary N) is 1. The Morgan fingerprint density at radius 2 is 2.29 bits per heavy atom. The predicted octanol–water partition coefficient (Wildman–Crippen LogP) is 2.87. The van der Waals surface area contributed by atoms with Gasteiger partial charge in [-0.3, -0.25) is 4.79 Å². The van der Waals surface area contributed by atoms with Crippen molar-refractivity contribution < 1.29 is 14.3 Å². The van der Waals surface area contributed by atoms with Crippen LogP contribution in [0.15, 0.2) is 29.6 Å². The van der Waals surface area contributed by atoms with Gasteiger partial charge in [-0.25, -0.2) is 4.98 Å². The van der Waals surface area contributed by atoms with Gasteiger partial charge in [-0.1, -0.05) is 12.1 Å². The van der Waals surface area contributed by atoms with Crippen LogP contribution in [0.5, 0.6) is 5.75 Å². The molecule has 0 radical (unpaired) electrons. The highest BCUT2D eigenvalue weighted by Gasteiger charge is 2.08. The SMILES string of the molecule is CCOC(=O)Cc1csc(NCc2cccc(OC)c2)n1. The van der Waals surface area contributed by atoms with Gasteiger partial charge >= 0.3 is 5.97 Å². The molecule has 1 aromatic carbocycles. The number of aromatic nitrogens is 1. The van der Waals surface area contributed by atoms with E-state index in [1.165, 1.54) is 11.3 Å². The largest absolute Gasteiger partial charge is 0.497 e. The van der Waals surface area contributed by atoms with Crippen molar-refractivity contribution in [2.45, 2.75) is 19.9 Å². The maximum atomic E-state index is 11.4. The van der Waals surface area contributed by atoms with Crippen LogP contribution in [0, 0.1) is 0 Å². The minimum absolute atomic E-state index is 0.213. The van der Waals surface area contributed by atoms with Crippen LogP contribution in [0.3, 0.4) is 0 Å². The van der Waals surface area contributed by atoms with Gasteiger partial charge in [0.25, 0.3) is 0 Å². The van der Waals surface area contributed by atoms with E-state index in [0.717, 1.165) is 22.1 Å². The minimum atomic E-state index is -0.248. The number of methoxy groups -OCH3 is 1. The molecule has 0 amide bonds. The van der Waals surface area contributed by atoms with Gasteiger partial charge in [0.05, 0.1) is 25.8 Å². The van der Waals surface area contributed by atoms with E-state index >= 15 is 0 Å². The van der Waals surface area contributed by atoms with Crippen molar-refractivity contribution in [3.05, 3.63) is 40.9 Å². The summed E-state index contributed by atoms with van der Waals surface area (Å²) >= 11 is 1.48. The molecule has 0 unspecified atom stereocenters. The topological polar surface area (TPSA) is 60.5 Å². The van der Waals surface area contributed by atoms with Crippen molar-refractivity contribution >= 4 is 22.4 Å². The molecule has 112 valence electrons. The molecule has 0 fully saturated rings. The Balaban J connectivity index is 1.89. The number of thiazole rings is 1. The molecule has 1 aromatic heterocycles. The average molecular weight is 306 g/mol. The van der Waals surface area contributed by atoms with Crippen LogP contribution >= 0.6 is 11.3 Å². The van der Waals surface area contributed by atoms with Gasteiger partial charge in [-0.15, -0.1) is 11.3 Å². The van der Waals surface area contributed by atoms with Gasteiger partial charge in [0.15, 0.2) is 5.13 Å². The first-order valence-corrected chi connectivity index (χ1v) is 7.56. The monoisotopic (exact) mass is 306 g/mol. The number of ether oxygens (including phenoxy) is 2. The zero-order valence-corrected chi connectivity index (χ0v) is 12.9. The molecule has 2 aromatic rings. The van der Waals surface area contributed by atoms with Crippen LogP contribution in [0.2, 0.25) is 0 Å². The first kappa shape index (κ1) is 15.3. The third kappa shape index (κ3) is 4.75. The summed E-state index contributed by atoms with van der Waals surface area (Å²) in [5, 5.41) is 5.89. The van der Waals surface area contributed by atoms with E-state index in [0.29, 0.717) is 13.2 Å². The molecule has 0 aliphatic carbocycles. The number of hydrogen-bond acceptors (Lipinski definition) is 6. The van der Waals surface area contributed by atoms with E-state index in [1.54, 1.807) is 14.0 Å². The van der Waals surface area contributed by atoms with Gasteiger partial charge in [-0.2, -0.15) is 0 Å². The Hall–Kier alpha value is -2.08. The van der Waals surface area contributed by atoms with Gasteiger partial charge in [0.1, 0.15) is 5.75 Å². The highest BCUT2D eigenvalue weighted by Crippen LogP contribution is 2.18. The second-order valence-corrected chi connectivity index (χ2v) is 5.19. The normalized spacial score (nSPS) is 10.2. The van der Waals surface area contributed by atoms with Crippen molar-refractivity contribution in [1.82, 2.24) is 4.98 Å². The summed E-state index contributed by atoms with van der Waals surface area (Å²) in [5.41, 5.74) is 1.84. The Morgan fingerprint density at radius 1 is 1.43 bits per heavy atom. The fraction of sp³-hybridized carbons (Fsp3) is 0.333. The first-order chi connectivity index (χ1) is 10.2. The second-order valence-electron chi connectivity index (χ2n) is 4.33. The highest BCUT2D eigenvalue weighted by atomic mass is 32.1. The number of nitrogens with zero attached hydrogens (tertiary/aromatic N) is 1. The lowest BCUT2D eigenvalue weighted by atomic mass is 10.2. The molecular formula is C15H18N2O3S. The molecule has 0 saturated carbocycles. The molecule has 2 rings (SSSR count). The molecule has 6 heteroatoms. The van der Waals surface area contributed by atoms with E-state index < -0.39 is 0 Å². The quantitative estimate of drug-likeness (QED) is 0.797. The van der Waals surface area contributed by atoms with Crippen LogP contribution in [0.4, 0.5) is 5.13 Å². The molecule has 0 atom stereocenters. The zero-order chi connectivity index (χ0) is 15.1. The molecular weight excluding hydrogens is 288 g/mol. The van der Waals surface area contributed by atoms with Gasteiger partial charge in [0, 0.05) is 11.9 Å². The molecule has 21 heavy (non-hydrogen) atoms. The minimum Gasteiger partial charge on any atom is -0.497 e. The third-order valence-corrected chi connectivity index (χ3v) is 3.61. The molecule has 1 N–H and O–H groups in total. The second kappa shape index (κ2) is 7.64. The Morgan fingerprint density at radius 3 is 3.05 bits per heavy atom. The first-order valence-electron chi connectivity index (χ1n) is 6.68. The molecule has 5 nitrogen and oxygen atoms in total. The summed E-state index contributed by atoms with van der Waals surface area (Å²) in [6.45, 7) is 2.84. The van der Waals surface area contributed by atoms with E-state index in [2.05, 4.69) is 10.3 Å². The van der Waals surface area contributed by atoms with Crippen molar-refractivity contribution in [3.8, 4) is 5.75 Å². The van der Waals surface area contributed by atoms with Crippen molar-refractivity contribution in [2.24, 2.45) is 0 Å². The van der Waals surface area contributed by atoms with Crippen LogP contribution < -0.4 is 10.1 Å². The molecule has 0 aliphatic heterocycles. The maximum Gasteiger partial charge on any atom is 0.311 e. The lowest BCUT2D eigenvalue weighted by molar-refractivity contribution is -0.142. The highest BCUT2D eigenvalue weighted by molar-refractivity contribution is 7.13. The predicted molar refractivity (Wildman–Crippen MR) is 82.8 cm³/mol. The number of hydrogen-bond donors (Lipinski definition) is 1. The Bertz CT molecular complexity index is 598. The van der Waals surface area contributed by atoms with Crippen LogP contribution in [0.25, 0.3) is 0 Å². The molecule has 0 saturated heterocycles. The maximum absolute atomic E-state index is 11.4. The standard InChI is InChI=1S/C15H18N2O3S/c1-3-20-14(18)8-12-10-21-15(17-12)16-9-11-5-4-6-13(7-11)19-2/h4-7,10H,3,8-9H2,1-2H3,(H,16,17). The fourth-order valence-electron chi connectivity index (χ4n) is 1.79. The number of carbonyl (C=O) groups excluding carboxylic acids is 1. The molecule has 0 spiro atoms. The summed E-state index contributed by atoms with van der Waals surface area (Å²) in [6.07, 6.45) is 0.213. The van der Waals surface area contributed by atoms with E-state index in [4.69, 9.17) is 9.47 Å². The van der Waals surface area contributed by atoms with Crippen LogP contribution in [0.1, 0.15) is 18.2 Å². The number of anilines is 1. The van der Waals surface area contributed by atoms with Crippen LogP contribution in [-0.2, 0) is 22.5 Å². The lowest BCUT2D eigenvalue weighted by Crippen LogP contribution is -2.07. The number of carbonyl (C=O) groups is 1. The summed E-state index contributed by atoms with van der Waals surface area (Å²) in [6, 6.07) is 7.84. The van der Waals surface area contributed by atoms with Crippen molar-refractivity contribution in [3.63, 3.8) is 0 Å². The zero-order valence-electron chi connectivity index (χ0n) is 12.1. The van der Waals surface area contributed by atoms with E-state index in [9.17, 15) is 4.79 Å². The van der Waals surface area contributed by atoms with Crippen molar-refractivity contribution in [1.29, 1.82) is 0 Å². The fourth-order valence-corrected chi connectivity index (χ4v) is 2.50. The number of esters is 1.